The molecular formula is C63H54. The van der Waals surface area contributed by atoms with Crippen LogP contribution in [0.1, 0.15) is 65.3 Å². The molecule has 0 heteroatoms. The van der Waals surface area contributed by atoms with Gasteiger partial charge >= 0.3 is 0 Å². The Labute approximate surface area is 374 Å². The van der Waals surface area contributed by atoms with Crippen molar-refractivity contribution in [1.29, 1.82) is 0 Å². The lowest BCUT2D eigenvalue weighted by Crippen LogP contribution is -2.25. The summed E-state index contributed by atoms with van der Waals surface area (Å²) in [7, 11) is 0. The summed E-state index contributed by atoms with van der Waals surface area (Å²) in [4.78, 5) is 0. The molecule has 306 valence electrons. The average molecular weight is 811 g/mol. The first kappa shape index (κ1) is 41.1. The first-order valence-electron chi connectivity index (χ1n) is 22.4. The van der Waals surface area contributed by atoms with Crippen LogP contribution in [0.4, 0.5) is 0 Å². The number of benzene rings is 9. The van der Waals surface area contributed by atoms with Crippen molar-refractivity contribution in [3.8, 4) is 44.5 Å². The lowest BCUT2D eigenvalue weighted by Gasteiger charge is -2.30. The summed E-state index contributed by atoms with van der Waals surface area (Å²) in [5, 5.41) is 5.20. The summed E-state index contributed by atoms with van der Waals surface area (Å²) < 4.78 is 0. The van der Waals surface area contributed by atoms with Crippen LogP contribution in [0.25, 0.3) is 72.1 Å². The fourth-order valence-electron chi connectivity index (χ4n) is 9.85. The molecule has 9 aromatic rings. The number of allylic oxidation sites excluding steroid dienone is 5. The Morgan fingerprint density at radius 1 is 0.349 bits per heavy atom. The fourth-order valence-corrected chi connectivity index (χ4v) is 9.85. The van der Waals surface area contributed by atoms with Gasteiger partial charge in [-0.15, -0.1) is 0 Å². The van der Waals surface area contributed by atoms with Crippen LogP contribution >= 0.6 is 0 Å². The van der Waals surface area contributed by atoms with Crippen molar-refractivity contribution < 1.29 is 0 Å². The van der Waals surface area contributed by atoms with E-state index in [1.165, 1.54) is 111 Å². The molecule has 9 aromatic carbocycles. The largest absolute Gasteiger partial charge is 0.0877 e. The van der Waals surface area contributed by atoms with Gasteiger partial charge in [0.05, 0.1) is 5.41 Å². The molecule has 63 heavy (non-hydrogen) atoms. The predicted octanol–water partition coefficient (Wildman–Crippen LogP) is 17.5. The molecule has 0 aliphatic heterocycles. The summed E-state index contributed by atoms with van der Waals surface area (Å²) in [6.07, 6.45) is 12.5. The molecule has 2 aliphatic rings. The number of hydrogen-bond acceptors (Lipinski definition) is 0. The summed E-state index contributed by atoms with van der Waals surface area (Å²) in [5.74, 6) is 0. The van der Waals surface area contributed by atoms with Gasteiger partial charge in [-0.1, -0.05) is 208 Å². The normalized spacial score (nSPS) is 12.9. The quantitative estimate of drug-likeness (QED) is 0.152. The van der Waals surface area contributed by atoms with Gasteiger partial charge in [-0.25, -0.2) is 0 Å². The number of rotatable bonds is 5. The average Bonchev–Trinajstić information content (AvgIpc) is 3.78. The van der Waals surface area contributed by atoms with E-state index in [0.717, 1.165) is 0 Å². The summed E-state index contributed by atoms with van der Waals surface area (Å²) in [6, 6.07) is 67.7. The third-order valence-electron chi connectivity index (χ3n) is 12.8. The lowest BCUT2D eigenvalue weighted by molar-refractivity contribution is 0.795. The highest BCUT2D eigenvalue weighted by molar-refractivity contribution is 6.00. The molecule has 11 rings (SSSR count). The Morgan fingerprint density at radius 3 is 1.54 bits per heavy atom. The molecule has 2 aliphatic carbocycles. The standard InChI is InChI=1S/C50H38.C11H10.C2H6/c1-4-5-6-7-8-15-35-24-22-33(2)42(28-35)43-29-38(25-23-34(43)3)39-26-27-48-44(31-39)45-30-36-16-9-10-17-37(36)32-49(45)50(48)46-20-13-11-18-40(46)41-19-12-14-21-47(41)50;1-9-6-7-10-4-2-3-5-11(10)8-9;1-2/h4-32H,1-3H3;2-8H,1H3;1-2H3/b5-4+,7-6-,15-8-;;. The lowest BCUT2D eigenvalue weighted by atomic mass is 9.70. The van der Waals surface area contributed by atoms with Gasteiger partial charge in [0.1, 0.15) is 0 Å². The maximum atomic E-state index is 2.47. The second-order valence-corrected chi connectivity index (χ2v) is 16.6. The third-order valence-corrected chi connectivity index (χ3v) is 12.8. The number of fused-ring (bicyclic) bond motifs is 12. The second-order valence-electron chi connectivity index (χ2n) is 16.6. The Bertz CT molecular complexity index is 3190. The van der Waals surface area contributed by atoms with Gasteiger partial charge in [0, 0.05) is 0 Å². The van der Waals surface area contributed by atoms with Crippen LogP contribution in [0, 0.1) is 20.8 Å². The van der Waals surface area contributed by atoms with E-state index >= 15 is 0 Å². The Morgan fingerprint density at radius 2 is 0.857 bits per heavy atom. The minimum Gasteiger partial charge on any atom is -0.0877 e. The fraction of sp³-hybridized carbons (Fsp3) is 0.111. The molecule has 0 atom stereocenters. The highest BCUT2D eigenvalue weighted by atomic mass is 14.5. The highest BCUT2D eigenvalue weighted by Gasteiger charge is 2.51. The monoisotopic (exact) mass is 810 g/mol. The maximum absolute atomic E-state index is 2.47. The molecule has 0 nitrogen and oxygen atoms in total. The molecule has 0 bridgehead atoms. The van der Waals surface area contributed by atoms with Crippen molar-refractivity contribution in [1.82, 2.24) is 0 Å². The van der Waals surface area contributed by atoms with Gasteiger partial charge in [-0.3, -0.25) is 0 Å². The van der Waals surface area contributed by atoms with Crippen LogP contribution in [-0.2, 0) is 5.41 Å². The highest BCUT2D eigenvalue weighted by Crippen LogP contribution is 2.63. The van der Waals surface area contributed by atoms with Crippen LogP contribution in [-0.4, -0.2) is 0 Å². The SMILES string of the molecule is C/C=C/C=C\C=C/c1ccc(C)c(-c2cc(-c3ccc4c(c3)-c3cc5ccccc5cc3C43c4ccccc4-c4ccccc43)ccc2C)c1.CC.Cc1ccc2ccccc2c1. The van der Waals surface area contributed by atoms with E-state index < -0.39 is 0 Å². The molecule has 0 radical (unpaired) electrons. The van der Waals surface area contributed by atoms with E-state index in [1.807, 2.05) is 32.9 Å². The molecule has 0 unspecified atom stereocenters. The molecule has 0 heterocycles. The summed E-state index contributed by atoms with van der Waals surface area (Å²) >= 11 is 0. The van der Waals surface area contributed by atoms with E-state index in [-0.39, 0.29) is 5.41 Å². The third kappa shape index (κ3) is 7.36. The van der Waals surface area contributed by atoms with Crippen LogP contribution in [0.15, 0.2) is 212 Å². The number of hydrogen-bond donors (Lipinski definition) is 0. The topological polar surface area (TPSA) is 0 Å². The van der Waals surface area contributed by atoms with E-state index in [9.17, 15) is 0 Å². The van der Waals surface area contributed by atoms with Gasteiger partial charge in [-0.05, 0) is 163 Å². The first-order valence-corrected chi connectivity index (χ1v) is 22.4. The Hall–Kier alpha value is -7.28. The van der Waals surface area contributed by atoms with Crippen molar-refractivity contribution in [2.45, 2.75) is 47.0 Å². The minimum absolute atomic E-state index is 0.355. The van der Waals surface area contributed by atoms with Gasteiger partial charge in [-0.2, -0.15) is 0 Å². The van der Waals surface area contributed by atoms with Gasteiger partial charge in [0.25, 0.3) is 0 Å². The zero-order valence-electron chi connectivity index (χ0n) is 37.3. The molecule has 0 saturated heterocycles. The molecular weight excluding hydrogens is 757 g/mol. The van der Waals surface area contributed by atoms with E-state index in [2.05, 4.69) is 227 Å². The van der Waals surface area contributed by atoms with Crippen molar-refractivity contribution >= 4 is 27.6 Å². The van der Waals surface area contributed by atoms with Crippen LogP contribution in [0.3, 0.4) is 0 Å². The molecule has 1 spiro atoms. The van der Waals surface area contributed by atoms with Crippen LogP contribution < -0.4 is 0 Å². The Balaban J connectivity index is 0.000000334. The van der Waals surface area contributed by atoms with Crippen LogP contribution in [0.5, 0.6) is 0 Å². The van der Waals surface area contributed by atoms with Crippen molar-refractivity contribution in [3.63, 3.8) is 0 Å². The minimum atomic E-state index is -0.355. The number of aryl methyl sites for hydroxylation is 3. The van der Waals surface area contributed by atoms with Crippen molar-refractivity contribution in [2.24, 2.45) is 0 Å². The van der Waals surface area contributed by atoms with Gasteiger partial charge in [0.2, 0.25) is 0 Å². The zero-order valence-corrected chi connectivity index (χ0v) is 37.3. The second kappa shape index (κ2) is 17.6. The Kier molecular flexibility index (Phi) is 11.5. The first-order chi connectivity index (χ1) is 30.9. The van der Waals surface area contributed by atoms with E-state index in [4.69, 9.17) is 0 Å². The van der Waals surface area contributed by atoms with Gasteiger partial charge < -0.3 is 0 Å². The summed E-state index contributed by atoms with van der Waals surface area (Å²) in [6.45, 7) is 12.6. The maximum Gasteiger partial charge on any atom is 0.0725 e. The molecule has 0 amide bonds. The smallest absolute Gasteiger partial charge is 0.0725 e. The van der Waals surface area contributed by atoms with E-state index in [0.29, 0.717) is 0 Å². The predicted molar refractivity (Wildman–Crippen MR) is 274 cm³/mol. The van der Waals surface area contributed by atoms with Crippen molar-refractivity contribution in [3.05, 3.63) is 257 Å². The summed E-state index contributed by atoms with van der Waals surface area (Å²) in [5.41, 5.74) is 20.6. The van der Waals surface area contributed by atoms with Crippen molar-refractivity contribution in [2.75, 3.05) is 0 Å². The molecule has 0 saturated carbocycles. The van der Waals surface area contributed by atoms with Crippen LogP contribution in [0.2, 0.25) is 0 Å². The van der Waals surface area contributed by atoms with E-state index in [1.54, 1.807) is 0 Å². The molecule has 0 N–H and O–H groups in total. The van der Waals surface area contributed by atoms with Gasteiger partial charge in [0.15, 0.2) is 0 Å². The molecule has 0 fully saturated rings. The molecule has 0 aromatic heterocycles. The zero-order chi connectivity index (χ0) is 43.5.